The van der Waals surface area contributed by atoms with Crippen molar-refractivity contribution in [2.75, 3.05) is 0 Å². The van der Waals surface area contributed by atoms with Crippen molar-refractivity contribution in [3.8, 4) is 0 Å². The molecule has 0 heterocycles. The first-order valence-electron chi connectivity index (χ1n) is 4.76. The van der Waals surface area contributed by atoms with Crippen LogP contribution in [0, 0.1) is 5.92 Å². The Morgan fingerprint density at radius 1 is 1.29 bits per heavy atom. The minimum Gasteiger partial charge on any atom is -0.268 e. The van der Waals surface area contributed by atoms with Crippen LogP contribution in [0.3, 0.4) is 0 Å². The number of fused-ring (bicyclic) bond motifs is 1. The van der Waals surface area contributed by atoms with E-state index in [1.807, 2.05) is 12.2 Å². The standard InChI is InChI=1S/C13H13N/c1-3-10-6-4-7-11-8-5-9-12(14-2)13(10)11/h3-9,13H,2H2,1H3/b10-3-. The zero-order valence-corrected chi connectivity index (χ0v) is 8.27. The first kappa shape index (κ1) is 8.95. The maximum absolute atomic E-state index is 4.07. The fourth-order valence-corrected chi connectivity index (χ4v) is 1.91. The van der Waals surface area contributed by atoms with E-state index >= 15 is 0 Å². The molecule has 0 radical (unpaired) electrons. The van der Waals surface area contributed by atoms with Crippen LogP contribution in [0.4, 0.5) is 0 Å². The third-order valence-electron chi connectivity index (χ3n) is 2.61. The highest BCUT2D eigenvalue weighted by atomic mass is 14.7. The smallest absolute Gasteiger partial charge is 0.0515 e. The third kappa shape index (κ3) is 1.31. The lowest BCUT2D eigenvalue weighted by Gasteiger charge is -2.24. The van der Waals surface area contributed by atoms with Gasteiger partial charge in [-0.25, -0.2) is 0 Å². The Morgan fingerprint density at radius 3 is 2.79 bits per heavy atom. The van der Waals surface area contributed by atoms with Gasteiger partial charge >= 0.3 is 0 Å². The van der Waals surface area contributed by atoms with Crippen molar-refractivity contribution in [1.82, 2.24) is 0 Å². The van der Waals surface area contributed by atoms with Crippen LogP contribution in [0.1, 0.15) is 6.92 Å². The van der Waals surface area contributed by atoms with E-state index in [0.717, 1.165) is 5.70 Å². The number of hydrogen-bond acceptors (Lipinski definition) is 1. The van der Waals surface area contributed by atoms with Gasteiger partial charge in [-0.2, -0.15) is 0 Å². The maximum Gasteiger partial charge on any atom is 0.0515 e. The van der Waals surface area contributed by atoms with Crippen molar-refractivity contribution in [3.63, 3.8) is 0 Å². The van der Waals surface area contributed by atoms with Gasteiger partial charge in [-0.05, 0) is 30.9 Å². The summed E-state index contributed by atoms with van der Waals surface area (Å²) < 4.78 is 0. The van der Waals surface area contributed by atoms with Gasteiger partial charge in [0.1, 0.15) is 0 Å². The van der Waals surface area contributed by atoms with Crippen molar-refractivity contribution in [2.45, 2.75) is 6.92 Å². The van der Waals surface area contributed by atoms with Gasteiger partial charge in [0.2, 0.25) is 0 Å². The molecule has 2 rings (SSSR count). The molecule has 0 aromatic carbocycles. The minimum atomic E-state index is 0.299. The van der Waals surface area contributed by atoms with Crippen LogP contribution >= 0.6 is 0 Å². The zero-order chi connectivity index (χ0) is 9.97. The van der Waals surface area contributed by atoms with Crippen LogP contribution in [0.5, 0.6) is 0 Å². The summed E-state index contributed by atoms with van der Waals surface area (Å²) in [5.41, 5.74) is 3.63. The summed E-state index contributed by atoms with van der Waals surface area (Å²) in [7, 11) is 0. The van der Waals surface area contributed by atoms with E-state index in [4.69, 9.17) is 0 Å². The topological polar surface area (TPSA) is 12.4 Å². The van der Waals surface area contributed by atoms with Crippen LogP contribution in [-0.2, 0) is 0 Å². The molecule has 0 aromatic rings. The number of aliphatic imine (C=N–C) groups is 1. The predicted octanol–water partition coefficient (Wildman–Crippen LogP) is 3.20. The van der Waals surface area contributed by atoms with Gasteiger partial charge < -0.3 is 0 Å². The summed E-state index contributed by atoms with van der Waals surface area (Å²) in [5.74, 6) is 0.299. The molecule has 2 aliphatic carbocycles. The first-order valence-corrected chi connectivity index (χ1v) is 4.76. The van der Waals surface area contributed by atoms with E-state index in [0.29, 0.717) is 5.92 Å². The first-order chi connectivity index (χ1) is 6.86. The van der Waals surface area contributed by atoms with Gasteiger partial charge in [0, 0.05) is 0 Å². The molecule has 0 bridgehead atoms. The Labute approximate surface area is 84.6 Å². The Kier molecular flexibility index (Phi) is 2.32. The number of nitrogens with zero attached hydrogens (tertiary/aromatic N) is 1. The van der Waals surface area contributed by atoms with Gasteiger partial charge in [-0.3, -0.25) is 4.99 Å². The average Bonchev–Trinajstić information content (AvgIpc) is 2.27. The molecule has 0 saturated heterocycles. The van der Waals surface area contributed by atoms with Crippen molar-refractivity contribution in [3.05, 3.63) is 59.4 Å². The van der Waals surface area contributed by atoms with Gasteiger partial charge in [-0.1, -0.05) is 36.5 Å². The summed E-state index contributed by atoms with van der Waals surface area (Å²) in [6.07, 6.45) is 14.7. The van der Waals surface area contributed by atoms with Gasteiger partial charge in [-0.15, -0.1) is 0 Å². The summed E-state index contributed by atoms with van der Waals surface area (Å²) in [6.45, 7) is 5.67. The maximum atomic E-state index is 4.07. The summed E-state index contributed by atoms with van der Waals surface area (Å²) in [4.78, 5) is 4.07. The fraction of sp³-hybridized carbons (Fsp3) is 0.154. The van der Waals surface area contributed by atoms with E-state index in [-0.39, 0.29) is 0 Å². The Bertz CT molecular complexity index is 395. The van der Waals surface area contributed by atoms with Gasteiger partial charge in [0.25, 0.3) is 0 Å². The third-order valence-corrected chi connectivity index (χ3v) is 2.61. The van der Waals surface area contributed by atoms with Crippen molar-refractivity contribution in [1.29, 1.82) is 0 Å². The van der Waals surface area contributed by atoms with Crippen LogP contribution < -0.4 is 0 Å². The highest BCUT2D eigenvalue weighted by Crippen LogP contribution is 2.35. The summed E-state index contributed by atoms with van der Waals surface area (Å²) in [5, 5.41) is 0. The number of allylic oxidation sites excluding steroid dienone is 8. The molecular weight excluding hydrogens is 170 g/mol. The monoisotopic (exact) mass is 183 g/mol. The van der Waals surface area contributed by atoms with Crippen molar-refractivity contribution >= 4 is 6.72 Å². The predicted molar refractivity (Wildman–Crippen MR) is 61.2 cm³/mol. The molecule has 0 spiro atoms. The molecule has 70 valence electrons. The van der Waals surface area contributed by atoms with E-state index in [9.17, 15) is 0 Å². The summed E-state index contributed by atoms with van der Waals surface area (Å²) in [6, 6.07) is 0. The fourth-order valence-electron chi connectivity index (χ4n) is 1.91. The van der Waals surface area contributed by atoms with Gasteiger partial charge in [0.05, 0.1) is 11.6 Å². The lowest BCUT2D eigenvalue weighted by atomic mass is 9.82. The molecule has 0 aromatic heterocycles. The highest BCUT2D eigenvalue weighted by molar-refractivity contribution is 5.52. The van der Waals surface area contributed by atoms with Crippen LogP contribution in [0.15, 0.2) is 64.4 Å². The second-order valence-electron chi connectivity index (χ2n) is 3.36. The second-order valence-corrected chi connectivity index (χ2v) is 3.36. The molecule has 0 N–H and O–H groups in total. The highest BCUT2D eigenvalue weighted by Gasteiger charge is 2.22. The molecule has 1 atom stereocenters. The van der Waals surface area contributed by atoms with E-state index < -0.39 is 0 Å². The Morgan fingerprint density at radius 2 is 2.07 bits per heavy atom. The molecule has 14 heavy (non-hydrogen) atoms. The zero-order valence-electron chi connectivity index (χ0n) is 8.27. The van der Waals surface area contributed by atoms with E-state index in [2.05, 4.69) is 49.0 Å². The van der Waals surface area contributed by atoms with Crippen LogP contribution in [0.2, 0.25) is 0 Å². The SMILES string of the molecule is C=NC1=CC=CC2=CC=C/C(=C/C)C21. The molecule has 1 heteroatoms. The molecule has 0 amide bonds. The lowest BCUT2D eigenvalue weighted by Crippen LogP contribution is -2.12. The van der Waals surface area contributed by atoms with Crippen LogP contribution in [0.25, 0.3) is 0 Å². The lowest BCUT2D eigenvalue weighted by molar-refractivity contribution is 0.846. The molecule has 0 saturated carbocycles. The normalized spacial score (nSPS) is 26.9. The molecule has 1 unspecified atom stereocenters. The van der Waals surface area contributed by atoms with Crippen molar-refractivity contribution in [2.24, 2.45) is 10.9 Å². The quantitative estimate of drug-likeness (QED) is 0.553. The number of hydrogen-bond donors (Lipinski definition) is 0. The van der Waals surface area contributed by atoms with Gasteiger partial charge in [0.15, 0.2) is 0 Å². The number of rotatable bonds is 1. The van der Waals surface area contributed by atoms with E-state index in [1.165, 1.54) is 11.1 Å². The van der Waals surface area contributed by atoms with Crippen molar-refractivity contribution < 1.29 is 0 Å². The largest absolute Gasteiger partial charge is 0.268 e. The second kappa shape index (κ2) is 3.62. The minimum absolute atomic E-state index is 0.299. The van der Waals surface area contributed by atoms with Crippen LogP contribution in [-0.4, -0.2) is 6.72 Å². The molecular formula is C13H13N. The molecule has 1 nitrogen and oxygen atoms in total. The van der Waals surface area contributed by atoms with E-state index in [1.54, 1.807) is 0 Å². The average molecular weight is 183 g/mol. The molecule has 2 aliphatic rings. The molecule has 0 aliphatic heterocycles. The summed E-state index contributed by atoms with van der Waals surface area (Å²) >= 11 is 0. The Balaban J connectivity index is 2.49. The Hall–Kier alpha value is -1.63. The molecule has 0 fully saturated rings.